The van der Waals surface area contributed by atoms with E-state index >= 15 is 0 Å². The molecule has 4 aromatic rings. The van der Waals surface area contributed by atoms with Crippen molar-refractivity contribution in [1.29, 1.82) is 0 Å². The van der Waals surface area contributed by atoms with Crippen molar-refractivity contribution in [2.24, 2.45) is 4.99 Å². The minimum Gasteiger partial charge on any atom is -0.467 e. The van der Waals surface area contributed by atoms with E-state index in [0.717, 1.165) is 33.9 Å². The van der Waals surface area contributed by atoms with Crippen LogP contribution in [0, 0.1) is 0 Å². The Balaban J connectivity index is 1.72. The SMILES string of the molecule is COC(=O)C(Cc1cccc(-c2ccccn2)n1)N=C(c1ccccc1)c1ccccc1. The van der Waals surface area contributed by atoms with E-state index in [1.165, 1.54) is 7.11 Å². The van der Waals surface area contributed by atoms with Crippen molar-refractivity contribution in [2.45, 2.75) is 12.5 Å². The number of nitrogens with zero attached hydrogens (tertiary/aromatic N) is 3. The van der Waals surface area contributed by atoms with Gasteiger partial charge < -0.3 is 4.74 Å². The summed E-state index contributed by atoms with van der Waals surface area (Å²) >= 11 is 0. The number of methoxy groups -OCH3 is 1. The number of carbonyl (C=O) groups is 1. The molecule has 2 heterocycles. The van der Waals surface area contributed by atoms with E-state index in [0.29, 0.717) is 6.42 Å². The fraction of sp³-hybridized carbons (Fsp3) is 0.111. The minimum absolute atomic E-state index is 0.316. The van der Waals surface area contributed by atoms with Gasteiger partial charge in [0.15, 0.2) is 6.04 Å². The van der Waals surface area contributed by atoms with Gasteiger partial charge in [-0.1, -0.05) is 72.8 Å². The van der Waals surface area contributed by atoms with E-state index in [2.05, 4.69) is 4.98 Å². The third-order valence-electron chi connectivity index (χ3n) is 4.99. The van der Waals surface area contributed by atoms with Gasteiger partial charge in [-0.15, -0.1) is 0 Å². The molecule has 0 saturated heterocycles. The molecule has 158 valence electrons. The van der Waals surface area contributed by atoms with Crippen molar-refractivity contribution in [1.82, 2.24) is 9.97 Å². The van der Waals surface area contributed by atoms with Crippen LogP contribution in [0.5, 0.6) is 0 Å². The first-order valence-electron chi connectivity index (χ1n) is 10.4. The van der Waals surface area contributed by atoms with Crippen LogP contribution in [0.2, 0.25) is 0 Å². The van der Waals surface area contributed by atoms with Gasteiger partial charge in [0, 0.05) is 29.4 Å². The molecule has 1 unspecified atom stereocenters. The molecule has 0 bridgehead atoms. The van der Waals surface area contributed by atoms with E-state index in [1.807, 2.05) is 97.1 Å². The molecule has 0 saturated carbocycles. The maximum Gasteiger partial charge on any atom is 0.331 e. The lowest BCUT2D eigenvalue weighted by atomic mass is 10.0. The Morgan fingerprint density at radius 3 is 2.03 bits per heavy atom. The Labute approximate surface area is 187 Å². The van der Waals surface area contributed by atoms with Crippen LogP contribution in [0.3, 0.4) is 0 Å². The monoisotopic (exact) mass is 421 g/mol. The van der Waals surface area contributed by atoms with E-state index in [4.69, 9.17) is 14.7 Å². The number of pyridine rings is 2. The van der Waals surface area contributed by atoms with Crippen molar-refractivity contribution in [3.63, 3.8) is 0 Å². The summed E-state index contributed by atoms with van der Waals surface area (Å²) in [5.41, 5.74) is 4.88. The van der Waals surface area contributed by atoms with Gasteiger partial charge >= 0.3 is 5.97 Å². The molecule has 2 aromatic carbocycles. The molecule has 4 rings (SSSR count). The molecule has 5 heteroatoms. The summed E-state index contributed by atoms with van der Waals surface area (Å²) < 4.78 is 5.09. The van der Waals surface area contributed by atoms with Crippen LogP contribution < -0.4 is 0 Å². The topological polar surface area (TPSA) is 64.4 Å². The number of ether oxygens (including phenoxy) is 1. The average Bonchev–Trinajstić information content (AvgIpc) is 2.87. The fourth-order valence-corrected chi connectivity index (χ4v) is 3.43. The Kier molecular flexibility index (Phi) is 6.78. The predicted octanol–water partition coefficient (Wildman–Crippen LogP) is 4.77. The molecule has 32 heavy (non-hydrogen) atoms. The number of esters is 1. The zero-order valence-corrected chi connectivity index (χ0v) is 17.8. The maximum atomic E-state index is 12.7. The normalized spacial score (nSPS) is 11.4. The third kappa shape index (κ3) is 5.13. The van der Waals surface area contributed by atoms with Gasteiger partial charge in [0.2, 0.25) is 0 Å². The number of hydrogen-bond donors (Lipinski definition) is 0. The predicted molar refractivity (Wildman–Crippen MR) is 125 cm³/mol. The Morgan fingerprint density at radius 2 is 1.44 bits per heavy atom. The van der Waals surface area contributed by atoms with Crippen LogP contribution in [-0.2, 0) is 16.0 Å². The average molecular weight is 422 g/mol. The van der Waals surface area contributed by atoms with Gasteiger partial charge in [-0.2, -0.15) is 0 Å². The summed E-state index contributed by atoms with van der Waals surface area (Å²) in [6.07, 6.45) is 2.05. The molecule has 1 atom stereocenters. The molecule has 0 amide bonds. The third-order valence-corrected chi connectivity index (χ3v) is 4.99. The lowest BCUT2D eigenvalue weighted by Crippen LogP contribution is -2.25. The first kappa shape index (κ1) is 21.1. The number of hydrogen-bond acceptors (Lipinski definition) is 5. The van der Waals surface area contributed by atoms with Crippen LogP contribution >= 0.6 is 0 Å². The number of rotatable bonds is 7. The van der Waals surface area contributed by atoms with E-state index in [1.54, 1.807) is 6.20 Å². The van der Waals surface area contributed by atoms with Crippen LogP contribution in [0.25, 0.3) is 11.4 Å². The molecule has 2 aromatic heterocycles. The number of aliphatic imine (C=N–C) groups is 1. The van der Waals surface area contributed by atoms with E-state index in [9.17, 15) is 4.79 Å². The summed E-state index contributed by atoms with van der Waals surface area (Å²) in [6.45, 7) is 0. The summed E-state index contributed by atoms with van der Waals surface area (Å²) in [5, 5.41) is 0. The van der Waals surface area contributed by atoms with E-state index < -0.39 is 12.0 Å². The molecule has 0 spiro atoms. The molecule has 0 aliphatic rings. The standard InChI is InChI=1S/C27H23N3O2/c1-32-27(31)25(19-22-15-10-17-24(29-22)23-16-8-9-18-28-23)30-26(20-11-4-2-5-12-20)21-13-6-3-7-14-21/h2-18,25H,19H2,1H3. The summed E-state index contributed by atoms with van der Waals surface area (Å²) in [6, 6.07) is 30.4. The van der Waals surface area contributed by atoms with Crippen molar-refractivity contribution in [3.05, 3.63) is 120 Å². The lowest BCUT2D eigenvalue weighted by Gasteiger charge is -2.15. The Morgan fingerprint density at radius 1 is 0.812 bits per heavy atom. The van der Waals surface area contributed by atoms with Crippen LogP contribution in [0.4, 0.5) is 0 Å². The number of carbonyl (C=O) groups excluding carboxylic acids is 1. The first-order chi connectivity index (χ1) is 15.7. The number of aromatic nitrogens is 2. The van der Waals surface area contributed by atoms with Crippen LogP contribution in [0.15, 0.2) is 108 Å². The van der Waals surface area contributed by atoms with Crippen molar-refractivity contribution >= 4 is 11.7 Å². The highest BCUT2D eigenvalue weighted by molar-refractivity contribution is 6.13. The quantitative estimate of drug-likeness (QED) is 0.319. The van der Waals surface area contributed by atoms with Crippen molar-refractivity contribution in [2.75, 3.05) is 7.11 Å². The molecule has 5 nitrogen and oxygen atoms in total. The molecule has 0 fully saturated rings. The highest BCUT2D eigenvalue weighted by Gasteiger charge is 2.22. The molecular formula is C27H23N3O2. The summed E-state index contributed by atoms with van der Waals surface area (Å²) in [7, 11) is 1.38. The fourth-order valence-electron chi connectivity index (χ4n) is 3.43. The van der Waals surface area contributed by atoms with Gasteiger partial charge in [0.25, 0.3) is 0 Å². The van der Waals surface area contributed by atoms with Crippen LogP contribution in [0.1, 0.15) is 16.8 Å². The maximum absolute atomic E-state index is 12.7. The highest BCUT2D eigenvalue weighted by atomic mass is 16.5. The second kappa shape index (κ2) is 10.3. The van der Waals surface area contributed by atoms with E-state index in [-0.39, 0.29) is 0 Å². The molecule has 0 N–H and O–H groups in total. The largest absolute Gasteiger partial charge is 0.467 e. The van der Waals surface area contributed by atoms with Gasteiger partial charge in [0.05, 0.1) is 24.2 Å². The lowest BCUT2D eigenvalue weighted by molar-refractivity contribution is -0.142. The van der Waals surface area contributed by atoms with Crippen molar-refractivity contribution < 1.29 is 9.53 Å². The Bertz CT molecular complexity index is 1150. The van der Waals surface area contributed by atoms with Crippen molar-refractivity contribution in [3.8, 4) is 11.4 Å². The molecule has 0 aliphatic heterocycles. The van der Waals surface area contributed by atoms with Gasteiger partial charge in [-0.25, -0.2) is 4.79 Å². The highest BCUT2D eigenvalue weighted by Crippen LogP contribution is 2.17. The molecule has 0 aliphatic carbocycles. The van der Waals surface area contributed by atoms with Gasteiger partial charge in [-0.05, 0) is 24.3 Å². The minimum atomic E-state index is -0.734. The summed E-state index contributed by atoms with van der Waals surface area (Å²) in [5.74, 6) is -0.403. The molecule has 0 radical (unpaired) electrons. The van der Waals surface area contributed by atoms with Crippen LogP contribution in [-0.4, -0.2) is 34.8 Å². The molecular weight excluding hydrogens is 398 g/mol. The van der Waals surface area contributed by atoms with Gasteiger partial charge in [0.1, 0.15) is 0 Å². The first-order valence-corrected chi connectivity index (χ1v) is 10.4. The zero-order chi connectivity index (χ0) is 22.2. The second-order valence-electron chi connectivity index (χ2n) is 7.18. The second-order valence-corrected chi connectivity index (χ2v) is 7.18. The number of benzene rings is 2. The smallest absolute Gasteiger partial charge is 0.331 e. The zero-order valence-electron chi connectivity index (χ0n) is 17.8. The Hall–Kier alpha value is -4.12. The summed E-state index contributed by atoms with van der Waals surface area (Å²) in [4.78, 5) is 26.7. The van der Waals surface area contributed by atoms with Gasteiger partial charge in [-0.3, -0.25) is 15.0 Å².